The maximum absolute atomic E-state index is 12.3. The molecule has 1 heterocycles. The van der Waals surface area contributed by atoms with Crippen molar-refractivity contribution in [3.63, 3.8) is 0 Å². The molecule has 7 heteroatoms. The zero-order valence-corrected chi connectivity index (χ0v) is 17.0. The van der Waals surface area contributed by atoms with Crippen molar-refractivity contribution in [1.29, 1.82) is 0 Å². The van der Waals surface area contributed by atoms with E-state index in [9.17, 15) is 14.4 Å². The molecule has 3 rings (SSSR count). The maximum atomic E-state index is 12.3. The first-order valence-corrected chi connectivity index (χ1v) is 9.35. The summed E-state index contributed by atoms with van der Waals surface area (Å²) in [7, 11) is 0. The van der Waals surface area contributed by atoms with E-state index in [1.165, 1.54) is 5.56 Å². The minimum Gasteiger partial charge on any atom is -0.484 e. The van der Waals surface area contributed by atoms with Crippen LogP contribution in [0.5, 0.6) is 5.75 Å². The van der Waals surface area contributed by atoms with Crippen LogP contribution in [0.3, 0.4) is 0 Å². The maximum Gasteiger partial charge on any atom is 0.322 e. The first-order valence-electron chi connectivity index (χ1n) is 9.35. The van der Waals surface area contributed by atoms with Gasteiger partial charge in [-0.1, -0.05) is 45.0 Å². The van der Waals surface area contributed by atoms with Crippen molar-refractivity contribution in [1.82, 2.24) is 10.6 Å². The van der Waals surface area contributed by atoms with Crippen molar-refractivity contribution in [2.24, 2.45) is 0 Å². The molecule has 4 amide bonds. The standard InChI is InChI=1S/C22H25N3O4/c1-21(2,3)14-8-10-17(11-9-14)29-13-18(26)23-16-7-5-6-15(12-16)22(4)19(27)24-20(28)25-22/h5-12H,13H2,1-4H3,(H,23,26)(H2,24,25,27,28). The SMILES string of the molecule is CC(C)(C)c1ccc(OCC(=O)Nc2cccc(C3(C)NC(=O)NC3=O)c2)cc1. The molecule has 2 aromatic rings. The molecule has 0 spiro atoms. The van der Waals surface area contributed by atoms with Crippen LogP contribution in [0.1, 0.15) is 38.8 Å². The molecule has 7 nitrogen and oxygen atoms in total. The zero-order chi connectivity index (χ0) is 21.2. The second-order valence-corrected chi connectivity index (χ2v) is 8.23. The molecule has 0 bridgehead atoms. The Hall–Kier alpha value is -3.35. The Kier molecular flexibility index (Phi) is 5.33. The summed E-state index contributed by atoms with van der Waals surface area (Å²) in [5, 5.41) is 7.57. The van der Waals surface area contributed by atoms with Crippen LogP contribution in [0.15, 0.2) is 48.5 Å². The topological polar surface area (TPSA) is 96.5 Å². The number of hydrogen-bond donors (Lipinski definition) is 3. The number of carbonyl (C=O) groups is 3. The molecule has 1 fully saturated rings. The van der Waals surface area contributed by atoms with Gasteiger partial charge in [-0.05, 0) is 47.7 Å². The Bertz CT molecular complexity index is 947. The summed E-state index contributed by atoms with van der Waals surface area (Å²) in [6.45, 7) is 7.86. The number of rotatable bonds is 5. The minimum absolute atomic E-state index is 0.0489. The summed E-state index contributed by atoms with van der Waals surface area (Å²) in [6.07, 6.45) is 0. The highest BCUT2D eigenvalue weighted by atomic mass is 16.5. The van der Waals surface area contributed by atoms with E-state index in [1.54, 1.807) is 31.2 Å². The van der Waals surface area contributed by atoms with Crippen LogP contribution in [0.2, 0.25) is 0 Å². The van der Waals surface area contributed by atoms with E-state index in [0.717, 1.165) is 0 Å². The van der Waals surface area contributed by atoms with E-state index in [0.29, 0.717) is 17.0 Å². The molecule has 0 radical (unpaired) electrons. The summed E-state index contributed by atoms with van der Waals surface area (Å²) in [5.41, 5.74) is 1.13. The van der Waals surface area contributed by atoms with Crippen molar-refractivity contribution in [3.8, 4) is 5.75 Å². The molecule has 2 aromatic carbocycles. The Balaban J connectivity index is 1.61. The number of benzene rings is 2. The lowest BCUT2D eigenvalue weighted by molar-refractivity contribution is -0.123. The molecular weight excluding hydrogens is 370 g/mol. The van der Waals surface area contributed by atoms with Crippen LogP contribution >= 0.6 is 0 Å². The van der Waals surface area contributed by atoms with Gasteiger partial charge in [0.2, 0.25) is 0 Å². The van der Waals surface area contributed by atoms with Gasteiger partial charge in [0, 0.05) is 5.69 Å². The number of nitrogens with one attached hydrogen (secondary N) is 3. The molecule has 1 atom stereocenters. The Labute approximate surface area is 169 Å². The van der Waals surface area contributed by atoms with E-state index < -0.39 is 17.5 Å². The number of hydrogen-bond acceptors (Lipinski definition) is 4. The lowest BCUT2D eigenvalue weighted by atomic mass is 9.87. The van der Waals surface area contributed by atoms with Gasteiger partial charge in [-0.25, -0.2) is 4.79 Å². The van der Waals surface area contributed by atoms with E-state index >= 15 is 0 Å². The highest BCUT2D eigenvalue weighted by Crippen LogP contribution is 2.27. The van der Waals surface area contributed by atoms with Gasteiger partial charge in [0.15, 0.2) is 6.61 Å². The fraction of sp³-hybridized carbons (Fsp3) is 0.318. The van der Waals surface area contributed by atoms with E-state index in [4.69, 9.17) is 4.74 Å². The predicted molar refractivity (Wildman–Crippen MR) is 110 cm³/mol. The van der Waals surface area contributed by atoms with Gasteiger partial charge in [-0.3, -0.25) is 14.9 Å². The first kappa shape index (κ1) is 20.4. The Morgan fingerprint density at radius 1 is 1.10 bits per heavy atom. The number of ether oxygens (including phenoxy) is 1. The van der Waals surface area contributed by atoms with Crippen LogP contribution in [0, 0.1) is 0 Å². The first-order chi connectivity index (χ1) is 13.6. The quantitative estimate of drug-likeness (QED) is 0.678. The summed E-state index contributed by atoms with van der Waals surface area (Å²) >= 11 is 0. The van der Waals surface area contributed by atoms with Gasteiger partial charge in [0.1, 0.15) is 11.3 Å². The molecule has 152 valence electrons. The normalized spacial score (nSPS) is 18.8. The second kappa shape index (κ2) is 7.58. The lowest BCUT2D eigenvalue weighted by Crippen LogP contribution is -2.40. The van der Waals surface area contributed by atoms with Crippen molar-refractivity contribution in [2.45, 2.75) is 38.6 Å². The van der Waals surface area contributed by atoms with Crippen molar-refractivity contribution < 1.29 is 19.1 Å². The third-order valence-electron chi connectivity index (χ3n) is 4.86. The molecular formula is C22H25N3O4. The highest BCUT2D eigenvalue weighted by Gasteiger charge is 2.43. The van der Waals surface area contributed by atoms with Crippen LogP contribution in [0.25, 0.3) is 0 Å². The van der Waals surface area contributed by atoms with Crippen molar-refractivity contribution >= 4 is 23.5 Å². The minimum atomic E-state index is -1.18. The van der Waals surface area contributed by atoms with Gasteiger partial charge in [0.25, 0.3) is 11.8 Å². The highest BCUT2D eigenvalue weighted by molar-refractivity contribution is 6.07. The number of amides is 4. The molecule has 1 saturated heterocycles. The van der Waals surface area contributed by atoms with Crippen LogP contribution in [-0.4, -0.2) is 24.5 Å². The Morgan fingerprint density at radius 3 is 2.38 bits per heavy atom. The molecule has 29 heavy (non-hydrogen) atoms. The van der Waals surface area contributed by atoms with Crippen LogP contribution in [-0.2, 0) is 20.5 Å². The van der Waals surface area contributed by atoms with Crippen LogP contribution in [0.4, 0.5) is 10.5 Å². The van der Waals surface area contributed by atoms with Gasteiger partial charge < -0.3 is 15.4 Å². The Morgan fingerprint density at radius 2 is 1.79 bits per heavy atom. The average molecular weight is 395 g/mol. The van der Waals surface area contributed by atoms with E-state index in [2.05, 4.69) is 36.7 Å². The summed E-state index contributed by atoms with van der Waals surface area (Å²) in [4.78, 5) is 35.8. The summed E-state index contributed by atoms with van der Waals surface area (Å²) < 4.78 is 5.56. The van der Waals surface area contributed by atoms with Gasteiger partial charge >= 0.3 is 6.03 Å². The third kappa shape index (κ3) is 4.56. The average Bonchev–Trinajstić information content (AvgIpc) is 2.93. The predicted octanol–water partition coefficient (Wildman–Crippen LogP) is 3.06. The van der Waals surface area contributed by atoms with E-state index in [1.807, 2.05) is 24.3 Å². The monoisotopic (exact) mass is 395 g/mol. The zero-order valence-electron chi connectivity index (χ0n) is 17.0. The van der Waals surface area contributed by atoms with Gasteiger partial charge in [-0.15, -0.1) is 0 Å². The summed E-state index contributed by atoms with van der Waals surface area (Å²) in [5.74, 6) is -0.153. The van der Waals surface area contributed by atoms with Gasteiger partial charge in [-0.2, -0.15) is 0 Å². The number of carbonyl (C=O) groups excluding carboxylic acids is 3. The lowest BCUT2D eigenvalue weighted by Gasteiger charge is -2.21. The summed E-state index contributed by atoms with van der Waals surface area (Å²) in [6, 6.07) is 13.9. The largest absolute Gasteiger partial charge is 0.484 e. The fourth-order valence-corrected chi connectivity index (χ4v) is 3.05. The molecule has 0 aliphatic carbocycles. The number of anilines is 1. The molecule has 1 aliphatic rings. The van der Waals surface area contributed by atoms with Crippen molar-refractivity contribution in [3.05, 3.63) is 59.7 Å². The smallest absolute Gasteiger partial charge is 0.322 e. The molecule has 1 unspecified atom stereocenters. The fourth-order valence-electron chi connectivity index (χ4n) is 3.05. The number of imide groups is 1. The molecule has 0 aromatic heterocycles. The van der Waals surface area contributed by atoms with E-state index in [-0.39, 0.29) is 17.9 Å². The molecule has 0 saturated carbocycles. The molecule has 1 aliphatic heterocycles. The van der Waals surface area contributed by atoms with Crippen LogP contribution < -0.4 is 20.7 Å². The third-order valence-corrected chi connectivity index (χ3v) is 4.86. The second-order valence-electron chi connectivity index (χ2n) is 8.23. The van der Waals surface area contributed by atoms with Crippen molar-refractivity contribution in [2.75, 3.05) is 11.9 Å². The number of urea groups is 1. The van der Waals surface area contributed by atoms with Gasteiger partial charge in [0.05, 0.1) is 0 Å². The molecule has 3 N–H and O–H groups in total.